The standard InChI is InChI=1S/C38H50Cl2N8O2/c1-6-45-13-15-46(16-14-45)37-44-33-20-28(9-10-29(33)35(50)48(37)12-11-25-7-8-27(39)19-31(25)40)42-36(47-21-23(2)41-34(49)22-47)43-32-18-26-17-30(24(32)3)38(26,4)5/h7-10,19-20,23-24,26,30,32H,6,11-18,21-22H2,1-5H3,(H,41,49)(H,42,43)/t23-,24-,26-,30+,32-/m0/s1. The van der Waals surface area contributed by atoms with Crippen molar-refractivity contribution < 1.29 is 4.79 Å². The lowest BCUT2D eigenvalue weighted by atomic mass is 9.45. The molecule has 5 aliphatic rings. The maximum Gasteiger partial charge on any atom is 0.262 e. The second kappa shape index (κ2) is 14.0. The number of aliphatic imine (C=N–C) groups is 1. The lowest BCUT2D eigenvalue weighted by Gasteiger charge is -2.61. The Bertz CT molecular complexity index is 1850. The molecule has 0 unspecified atom stereocenters. The van der Waals surface area contributed by atoms with Gasteiger partial charge in [-0.15, -0.1) is 0 Å². The molecule has 50 heavy (non-hydrogen) atoms. The minimum Gasteiger partial charge on any atom is -0.350 e. The van der Waals surface area contributed by atoms with E-state index in [1.807, 2.05) is 37.3 Å². The van der Waals surface area contributed by atoms with E-state index in [1.165, 1.54) is 6.42 Å². The zero-order valence-corrected chi connectivity index (χ0v) is 31.4. The number of guanidine groups is 1. The molecule has 3 aromatic rings. The van der Waals surface area contributed by atoms with Gasteiger partial charge in [-0.1, -0.05) is 57.0 Å². The van der Waals surface area contributed by atoms with Gasteiger partial charge in [-0.25, -0.2) is 9.98 Å². The average molecular weight is 722 g/mol. The molecule has 12 heteroatoms. The molecular weight excluding hydrogens is 671 g/mol. The van der Waals surface area contributed by atoms with Gasteiger partial charge in [0.25, 0.3) is 5.56 Å². The predicted molar refractivity (Wildman–Crippen MR) is 204 cm³/mol. The third-order valence-electron chi connectivity index (χ3n) is 12.1. The first kappa shape index (κ1) is 35.1. The molecule has 0 radical (unpaired) electrons. The van der Waals surface area contributed by atoms with E-state index < -0.39 is 0 Å². The molecule has 1 amide bonds. The zero-order valence-electron chi connectivity index (χ0n) is 29.9. The minimum absolute atomic E-state index is 0.00708. The van der Waals surface area contributed by atoms with Gasteiger partial charge in [0, 0.05) is 61.0 Å². The van der Waals surface area contributed by atoms with Crippen molar-refractivity contribution in [2.75, 3.05) is 56.0 Å². The van der Waals surface area contributed by atoms with Crippen LogP contribution < -0.4 is 21.1 Å². The normalized spacial score (nSPS) is 26.9. The third kappa shape index (κ3) is 6.83. The van der Waals surface area contributed by atoms with Gasteiger partial charge >= 0.3 is 0 Å². The molecule has 2 saturated heterocycles. The first-order chi connectivity index (χ1) is 23.9. The van der Waals surface area contributed by atoms with Crippen LogP contribution in [0.15, 0.2) is 46.2 Å². The molecule has 0 spiro atoms. The number of rotatable bonds is 7. The summed E-state index contributed by atoms with van der Waals surface area (Å²) in [5.41, 5.74) is 2.64. The number of benzene rings is 2. The second-order valence-electron chi connectivity index (χ2n) is 15.5. The number of carbonyl (C=O) groups is 1. The van der Waals surface area contributed by atoms with Crippen molar-refractivity contribution in [2.24, 2.45) is 28.2 Å². The monoisotopic (exact) mass is 720 g/mol. The van der Waals surface area contributed by atoms with Crippen molar-refractivity contribution in [3.05, 3.63) is 62.4 Å². The molecule has 1 aromatic heterocycles. The van der Waals surface area contributed by atoms with E-state index in [2.05, 4.69) is 53.0 Å². The fraction of sp³-hybridized carbons (Fsp3) is 0.579. The lowest BCUT2D eigenvalue weighted by molar-refractivity contribution is -0.124. The Morgan fingerprint density at radius 1 is 1.06 bits per heavy atom. The highest BCUT2D eigenvalue weighted by atomic mass is 35.5. The maximum atomic E-state index is 14.2. The predicted octanol–water partition coefficient (Wildman–Crippen LogP) is 5.75. The minimum atomic E-state index is -0.0761. The summed E-state index contributed by atoms with van der Waals surface area (Å²) >= 11 is 12.7. The van der Waals surface area contributed by atoms with Crippen molar-refractivity contribution in [3.63, 3.8) is 0 Å². The number of anilines is 2. The molecule has 2 N–H and O–H groups in total. The molecule has 8 rings (SSSR count). The van der Waals surface area contributed by atoms with Crippen LogP contribution in [0, 0.1) is 23.2 Å². The summed E-state index contributed by atoms with van der Waals surface area (Å²) in [5.74, 6) is 3.16. The van der Waals surface area contributed by atoms with Gasteiger partial charge in [0.05, 0.1) is 23.5 Å². The van der Waals surface area contributed by atoms with Crippen molar-refractivity contribution in [1.29, 1.82) is 0 Å². The summed E-state index contributed by atoms with van der Waals surface area (Å²) in [6.07, 6.45) is 2.91. The summed E-state index contributed by atoms with van der Waals surface area (Å²) in [4.78, 5) is 44.2. The molecule has 2 bridgehead atoms. The van der Waals surface area contributed by atoms with Crippen LogP contribution in [-0.2, 0) is 17.8 Å². The van der Waals surface area contributed by atoms with Gasteiger partial charge < -0.3 is 25.3 Å². The number of aryl methyl sites for hydroxylation is 1. The van der Waals surface area contributed by atoms with E-state index in [-0.39, 0.29) is 30.1 Å². The molecule has 3 saturated carbocycles. The number of hydrogen-bond donors (Lipinski definition) is 2. The largest absolute Gasteiger partial charge is 0.350 e. The Kier molecular flexibility index (Phi) is 9.82. The highest BCUT2D eigenvalue weighted by molar-refractivity contribution is 6.35. The highest BCUT2D eigenvalue weighted by Crippen LogP contribution is 2.61. The topological polar surface area (TPSA) is 98.1 Å². The smallest absolute Gasteiger partial charge is 0.262 e. The van der Waals surface area contributed by atoms with E-state index in [1.54, 1.807) is 10.6 Å². The number of amides is 1. The van der Waals surface area contributed by atoms with Gasteiger partial charge in [0.1, 0.15) is 0 Å². The lowest BCUT2D eigenvalue weighted by Crippen LogP contribution is -2.58. The molecule has 10 nitrogen and oxygen atoms in total. The van der Waals surface area contributed by atoms with E-state index in [0.717, 1.165) is 50.4 Å². The van der Waals surface area contributed by atoms with Crippen LogP contribution in [0.1, 0.15) is 53.0 Å². The SMILES string of the molecule is CCN1CCN(c2nc3cc(NC(=N[C@H]4C[C@@H]5C[C@H]([C@@H]4C)C5(C)C)N4CC(=O)N[C@@H](C)C4)ccc3c(=O)n2CCc2ccc(Cl)cc2Cl)CC1. The van der Waals surface area contributed by atoms with Gasteiger partial charge in [0.2, 0.25) is 11.9 Å². The molecular formula is C38H50Cl2N8O2. The fourth-order valence-electron chi connectivity index (χ4n) is 8.82. The highest BCUT2D eigenvalue weighted by Gasteiger charge is 2.56. The van der Waals surface area contributed by atoms with E-state index in [9.17, 15) is 9.59 Å². The van der Waals surface area contributed by atoms with Gasteiger partial charge in [-0.3, -0.25) is 14.2 Å². The summed E-state index contributed by atoms with van der Waals surface area (Å²) in [5, 5.41) is 8.38. The van der Waals surface area contributed by atoms with Crippen LogP contribution in [0.5, 0.6) is 0 Å². The number of hydrogen-bond acceptors (Lipinski definition) is 6. The van der Waals surface area contributed by atoms with Gasteiger partial charge in [0.15, 0.2) is 5.96 Å². The second-order valence-corrected chi connectivity index (χ2v) is 16.3. The number of halogens is 2. The number of fused-ring (bicyclic) bond motifs is 3. The summed E-state index contributed by atoms with van der Waals surface area (Å²) in [7, 11) is 0. The number of piperazine rings is 2. The van der Waals surface area contributed by atoms with Crippen LogP contribution >= 0.6 is 23.2 Å². The molecule has 5 atom stereocenters. The summed E-state index contributed by atoms with van der Waals surface area (Å²) < 4.78 is 1.81. The van der Waals surface area contributed by atoms with E-state index in [4.69, 9.17) is 33.2 Å². The Morgan fingerprint density at radius 3 is 2.52 bits per heavy atom. The Labute approximate surface area is 305 Å². The van der Waals surface area contributed by atoms with Crippen molar-refractivity contribution in [2.45, 2.75) is 72.5 Å². The Morgan fingerprint density at radius 2 is 1.84 bits per heavy atom. The molecule has 3 aliphatic carbocycles. The molecule has 268 valence electrons. The molecule has 2 aliphatic heterocycles. The number of likely N-dealkylation sites (N-methyl/N-ethyl adjacent to an activating group) is 1. The maximum absolute atomic E-state index is 14.2. The Balaban J connectivity index is 1.23. The fourth-order valence-corrected chi connectivity index (χ4v) is 9.32. The van der Waals surface area contributed by atoms with Crippen molar-refractivity contribution in [1.82, 2.24) is 24.7 Å². The van der Waals surface area contributed by atoms with Crippen molar-refractivity contribution >= 4 is 57.6 Å². The van der Waals surface area contributed by atoms with Crippen LogP contribution in [0.2, 0.25) is 10.0 Å². The molecule has 2 aromatic carbocycles. The van der Waals surface area contributed by atoms with Crippen molar-refractivity contribution in [3.8, 4) is 0 Å². The zero-order chi connectivity index (χ0) is 35.3. The molecule has 5 fully saturated rings. The van der Waals surface area contributed by atoms with Gasteiger partial charge in [-0.2, -0.15) is 0 Å². The number of nitrogens with zero attached hydrogens (tertiary/aromatic N) is 6. The number of nitrogens with one attached hydrogen (secondary N) is 2. The van der Waals surface area contributed by atoms with Crippen LogP contribution in [0.3, 0.4) is 0 Å². The quantitative estimate of drug-likeness (QED) is 0.237. The first-order valence-electron chi connectivity index (χ1n) is 18.3. The van der Waals surface area contributed by atoms with Crippen LogP contribution in [0.25, 0.3) is 10.9 Å². The Hall–Kier alpha value is -3.34. The van der Waals surface area contributed by atoms with E-state index in [0.29, 0.717) is 75.5 Å². The summed E-state index contributed by atoms with van der Waals surface area (Å²) in [6.45, 7) is 17.1. The van der Waals surface area contributed by atoms with Gasteiger partial charge in [-0.05, 0) is 91.8 Å². The van der Waals surface area contributed by atoms with Crippen LogP contribution in [0.4, 0.5) is 11.6 Å². The van der Waals surface area contributed by atoms with E-state index >= 15 is 0 Å². The third-order valence-corrected chi connectivity index (χ3v) is 12.6. The van der Waals surface area contributed by atoms with Crippen LogP contribution in [-0.4, -0.2) is 89.1 Å². The summed E-state index contributed by atoms with van der Waals surface area (Å²) in [6, 6.07) is 11.4. The number of aromatic nitrogens is 2. The first-order valence-corrected chi connectivity index (χ1v) is 19.0. The molecule has 3 heterocycles. The number of carbonyl (C=O) groups excluding carboxylic acids is 1. The average Bonchev–Trinajstić information content (AvgIpc) is 3.08.